The van der Waals surface area contributed by atoms with Gasteiger partial charge >= 0.3 is 12.1 Å². The van der Waals surface area contributed by atoms with E-state index >= 15 is 0 Å². The van der Waals surface area contributed by atoms with Gasteiger partial charge in [-0.05, 0) is 56.8 Å². The number of anilines is 1. The van der Waals surface area contributed by atoms with E-state index in [1.807, 2.05) is 36.9 Å². The molecular formula is C23H34N4O3. The van der Waals surface area contributed by atoms with Crippen LogP contribution in [0.25, 0.3) is 0 Å². The lowest BCUT2D eigenvalue weighted by Gasteiger charge is -2.40. The SMILES string of the molecule is CCOC(=O)N1CC[C@H](CN2CCC3(CC2)CN(C(=O)N(C)C)c2ccccc23)C1. The first kappa shape index (κ1) is 21.0. The Hall–Kier alpha value is -2.28. The number of amides is 3. The smallest absolute Gasteiger partial charge is 0.409 e. The zero-order valence-corrected chi connectivity index (χ0v) is 18.5. The minimum atomic E-state index is -0.175. The number of fused-ring (bicyclic) bond motifs is 2. The van der Waals surface area contributed by atoms with Crippen molar-refractivity contribution in [3.8, 4) is 0 Å². The van der Waals surface area contributed by atoms with Crippen LogP contribution in [0.3, 0.4) is 0 Å². The fraction of sp³-hybridized carbons (Fsp3) is 0.652. The standard InChI is InChI=1S/C23H34N4O3/c1-4-30-22(29)26-12-9-18(16-26)15-25-13-10-23(11-14-25)17-27(21(28)24(2)3)20-8-6-5-7-19(20)23/h5-8,18H,4,9-17H2,1-3H3/t18-/m1/s1. The van der Waals surface area contributed by atoms with E-state index in [4.69, 9.17) is 4.74 Å². The number of carbonyl (C=O) groups excluding carboxylic acids is 2. The highest BCUT2D eigenvalue weighted by Gasteiger charge is 2.46. The number of piperidine rings is 1. The maximum absolute atomic E-state index is 12.8. The average molecular weight is 415 g/mol. The topological polar surface area (TPSA) is 56.3 Å². The number of hydrogen-bond acceptors (Lipinski definition) is 4. The normalized spacial score (nSPS) is 23.0. The summed E-state index contributed by atoms with van der Waals surface area (Å²) >= 11 is 0. The van der Waals surface area contributed by atoms with Crippen LogP contribution in [0.1, 0.15) is 31.7 Å². The molecule has 1 aromatic carbocycles. The first-order valence-electron chi connectivity index (χ1n) is 11.2. The molecule has 7 nitrogen and oxygen atoms in total. The predicted octanol–water partition coefficient (Wildman–Crippen LogP) is 3.00. The van der Waals surface area contributed by atoms with Gasteiger partial charge in [0, 0.05) is 51.4 Å². The molecule has 164 valence electrons. The summed E-state index contributed by atoms with van der Waals surface area (Å²) in [6.45, 7) is 7.77. The van der Waals surface area contributed by atoms with Gasteiger partial charge in [0.05, 0.1) is 6.61 Å². The highest BCUT2D eigenvalue weighted by Crippen LogP contribution is 2.47. The second kappa shape index (κ2) is 8.46. The van der Waals surface area contributed by atoms with Crippen molar-refractivity contribution in [2.45, 2.75) is 31.6 Å². The van der Waals surface area contributed by atoms with Gasteiger partial charge in [-0.15, -0.1) is 0 Å². The average Bonchev–Trinajstić information content (AvgIpc) is 3.33. The van der Waals surface area contributed by atoms with Crippen molar-refractivity contribution >= 4 is 17.8 Å². The van der Waals surface area contributed by atoms with Crippen molar-refractivity contribution in [3.05, 3.63) is 29.8 Å². The molecule has 0 N–H and O–H groups in total. The van der Waals surface area contributed by atoms with Crippen LogP contribution in [0.5, 0.6) is 0 Å². The van der Waals surface area contributed by atoms with Crippen LogP contribution in [-0.4, -0.2) is 86.8 Å². The van der Waals surface area contributed by atoms with Gasteiger partial charge in [0.25, 0.3) is 0 Å². The molecule has 2 fully saturated rings. The second-order valence-corrected chi connectivity index (χ2v) is 9.16. The van der Waals surface area contributed by atoms with Crippen LogP contribution in [0.4, 0.5) is 15.3 Å². The molecule has 1 atom stereocenters. The van der Waals surface area contributed by atoms with Crippen LogP contribution < -0.4 is 4.90 Å². The summed E-state index contributed by atoms with van der Waals surface area (Å²) in [6, 6.07) is 8.48. The Morgan fingerprint density at radius 3 is 2.60 bits per heavy atom. The van der Waals surface area contributed by atoms with Crippen molar-refractivity contribution < 1.29 is 14.3 Å². The molecule has 1 aromatic rings. The summed E-state index contributed by atoms with van der Waals surface area (Å²) in [4.78, 5) is 32.7. The number of ether oxygens (including phenoxy) is 1. The van der Waals surface area contributed by atoms with E-state index in [0.717, 1.165) is 64.2 Å². The third kappa shape index (κ3) is 3.87. The Bertz CT molecular complexity index is 788. The van der Waals surface area contributed by atoms with Crippen LogP contribution in [-0.2, 0) is 10.2 Å². The van der Waals surface area contributed by atoms with Crippen molar-refractivity contribution in [1.29, 1.82) is 0 Å². The number of para-hydroxylation sites is 1. The van der Waals surface area contributed by atoms with Crippen LogP contribution in [0, 0.1) is 5.92 Å². The largest absolute Gasteiger partial charge is 0.450 e. The molecule has 3 heterocycles. The lowest BCUT2D eigenvalue weighted by Crippen LogP contribution is -2.48. The van der Waals surface area contributed by atoms with E-state index in [9.17, 15) is 9.59 Å². The quantitative estimate of drug-likeness (QED) is 0.763. The first-order chi connectivity index (χ1) is 14.4. The van der Waals surface area contributed by atoms with Crippen molar-refractivity contribution in [2.75, 3.05) is 64.9 Å². The summed E-state index contributed by atoms with van der Waals surface area (Å²) in [5, 5.41) is 0. The third-order valence-corrected chi connectivity index (χ3v) is 6.98. The molecule has 3 aliphatic heterocycles. The molecular weight excluding hydrogens is 380 g/mol. The van der Waals surface area contributed by atoms with E-state index < -0.39 is 0 Å². The summed E-state index contributed by atoms with van der Waals surface area (Å²) in [5.74, 6) is 0.520. The van der Waals surface area contributed by atoms with Gasteiger partial charge in [0.1, 0.15) is 0 Å². The summed E-state index contributed by atoms with van der Waals surface area (Å²) in [7, 11) is 3.64. The van der Waals surface area contributed by atoms with Crippen molar-refractivity contribution in [3.63, 3.8) is 0 Å². The third-order valence-electron chi connectivity index (χ3n) is 6.98. The molecule has 1 spiro atoms. The van der Waals surface area contributed by atoms with Crippen molar-refractivity contribution in [1.82, 2.24) is 14.7 Å². The first-order valence-corrected chi connectivity index (χ1v) is 11.2. The molecule has 0 unspecified atom stereocenters. The maximum Gasteiger partial charge on any atom is 0.409 e. The van der Waals surface area contributed by atoms with E-state index in [-0.39, 0.29) is 17.5 Å². The Morgan fingerprint density at radius 2 is 1.90 bits per heavy atom. The van der Waals surface area contributed by atoms with Gasteiger partial charge in [0.15, 0.2) is 0 Å². The zero-order valence-electron chi connectivity index (χ0n) is 18.5. The highest BCUT2D eigenvalue weighted by molar-refractivity contribution is 5.95. The Labute approximate surface area is 179 Å². The number of rotatable bonds is 3. The fourth-order valence-electron chi connectivity index (χ4n) is 5.36. The van der Waals surface area contributed by atoms with Crippen molar-refractivity contribution in [2.24, 2.45) is 5.92 Å². The molecule has 0 aromatic heterocycles. The van der Waals surface area contributed by atoms with Gasteiger partial charge < -0.3 is 19.4 Å². The molecule has 2 saturated heterocycles. The zero-order chi connectivity index (χ0) is 21.3. The Morgan fingerprint density at radius 1 is 1.17 bits per heavy atom. The number of hydrogen-bond donors (Lipinski definition) is 0. The monoisotopic (exact) mass is 414 g/mol. The Balaban J connectivity index is 1.37. The van der Waals surface area contributed by atoms with Gasteiger partial charge in [-0.3, -0.25) is 4.90 Å². The predicted molar refractivity (Wildman–Crippen MR) is 117 cm³/mol. The van der Waals surface area contributed by atoms with E-state index in [1.165, 1.54) is 5.56 Å². The van der Waals surface area contributed by atoms with Gasteiger partial charge in [-0.25, -0.2) is 9.59 Å². The van der Waals surface area contributed by atoms with Crippen LogP contribution in [0.2, 0.25) is 0 Å². The minimum Gasteiger partial charge on any atom is -0.450 e. The van der Waals surface area contributed by atoms with Crippen LogP contribution in [0.15, 0.2) is 24.3 Å². The molecule has 4 rings (SSSR count). The summed E-state index contributed by atoms with van der Waals surface area (Å²) in [5.41, 5.74) is 2.46. The molecule has 3 aliphatic rings. The number of urea groups is 1. The molecule has 7 heteroatoms. The van der Waals surface area contributed by atoms with E-state index in [1.54, 1.807) is 4.90 Å². The number of benzene rings is 1. The van der Waals surface area contributed by atoms with Crippen LogP contribution >= 0.6 is 0 Å². The summed E-state index contributed by atoms with van der Waals surface area (Å²) < 4.78 is 5.14. The fourth-order valence-corrected chi connectivity index (χ4v) is 5.36. The minimum absolute atomic E-state index is 0.0609. The molecule has 3 amide bonds. The number of likely N-dealkylation sites (tertiary alicyclic amines) is 2. The molecule has 0 aliphatic carbocycles. The lowest BCUT2D eigenvalue weighted by molar-refractivity contribution is 0.111. The summed E-state index contributed by atoms with van der Waals surface area (Å²) in [6.07, 6.45) is 3.00. The van der Waals surface area contributed by atoms with Gasteiger partial charge in [-0.1, -0.05) is 18.2 Å². The number of carbonyl (C=O) groups is 2. The number of nitrogens with zero attached hydrogens (tertiary/aromatic N) is 4. The second-order valence-electron chi connectivity index (χ2n) is 9.16. The van der Waals surface area contributed by atoms with Gasteiger partial charge in [-0.2, -0.15) is 0 Å². The molecule has 30 heavy (non-hydrogen) atoms. The maximum atomic E-state index is 12.8. The molecule has 0 bridgehead atoms. The molecule has 0 radical (unpaired) electrons. The molecule has 0 saturated carbocycles. The van der Waals surface area contributed by atoms with E-state index in [2.05, 4.69) is 23.1 Å². The Kier molecular flexibility index (Phi) is 5.91. The highest BCUT2D eigenvalue weighted by atomic mass is 16.6. The lowest BCUT2D eigenvalue weighted by atomic mass is 9.74. The van der Waals surface area contributed by atoms with E-state index in [0.29, 0.717) is 12.5 Å². The van der Waals surface area contributed by atoms with Gasteiger partial charge in [0.2, 0.25) is 0 Å².